The lowest BCUT2D eigenvalue weighted by atomic mass is 9.87. The van der Waals surface area contributed by atoms with Crippen LogP contribution in [0, 0.1) is 5.92 Å². The number of nitrogens with zero attached hydrogens (tertiary/aromatic N) is 4. The quantitative estimate of drug-likeness (QED) is 0.281. The van der Waals surface area contributed by atoms with E-state index in [1.165, 1.54) is 9.80 Å². The second-order valence-electron chi connectivity index (χ2n) is 11.6. The minimum atomic E-state index is -0.978. The molecule has 5 rings (SSSR count). The first-order chi connectivity index (χ1) is 20.1. The molecule has 0 aliphatic carbocycles. The summed E-state index contributed by atoms with van der Waals surface area (Å²) in [6.07, 6.45) is -0.794. The van der Waals surface area contributed by atoms with Gasteiger partial charge in [-0.05, 0) is 57.2 Å². The highest BCUT2D eigenvalue weighted by Crippen LogP contribution is 2.38. The van der Waals surface area contributed by atoms with E-state index < -0.39 is 29.7 Å². The Kier molecular flexibility index (Phi) is 8.29. The van der Waals surface area contributed by atoms with Gasteiger partial charge in [0.1, 0.15) is 17.5 Å². The molecule has 1 aliphatic heterocycles. The minimum absolute atomic E-state index is 0.0341. The third-order valence-electron chi connectivity index (χ3n) is 7.48. The molecule has 1 unspecified atom stereocenters. The van der Waals surface area contributed by atoms with Crippen LogP contribution in [0.5, 0.6) is 0 Å². The fourth-order valence-electron chi connectivity index (χ4n) is 5.52. The lowest BCUT2D eigenvalue weighted by Gasteiger charge is -2.37. The van der Waals surface area contributed by atoms with E-state index in [4.69, 9.17) is 9.72 Å². The molecule has 3 amide bonds. The van der Waals surface area contributed by atoms with E-state index in [1.54, 1.807) is 20.8 Å². The first-order valence-corrected chi connectivity index (χ1v) is 14.2. The number of fused-ring (bicyclic) bond motifs is 1. The molecule has 0 radical (unpaired) electrons. The van der Waals surface area contributed by atoms with Gasteiger partial charge in [-0.2, -0.15) is 0 Å². The summed E-state index contributed by atoms with van der Waals surface area (Å²) in [4.78, 5) is 47.8. The summed E-state index contributed by atoms with van der Waals surface area (Å²) in [5.74, 6) is -0.0595. The normalized spacial score (nSPS) is 14.9. The Morgan fingerprint density at radius 1 is 0.929 bits per heavy atom. The SMILES string of the molecule is CC(C)(C)OC(=O)N(Cc1ccccc1)C(=O)C(C1CCN(C(=O)O)CC1)n1c(-c2ccccc2)nc2ccccc21. The van der Waals surface area contributed by atoms with Crippen LogP contribution in [0.2, 0.25) is 0 Å². The molecular formula is C33H36N4O5. The molecule has 1 atom stereocenters. The van der Waals surface area contributed by atoms with Gasteiger partial charge in [0.25, 0.3) is 5.91 Å². The number of piperidine rings is 1. The van der Waals surface area contributed by atoms with Crippen molar-refractivity contribution in [2.45, 2.75) is 51.8 Å². The fraction of sp³-hybridized carbons (Fsp3) is 0.333. The summed E-state index contributed by atoms with van der Waals surface area (Å²) in [5.41, 5.74) is 2.30. The summed E-state index contributed by atoms with van der Waals surface area (Å²) in [6, 6.07) is 25.8. The van der Waals surface area contributed by atoms with Crippen molar-refractivity contribution in [2.75, 3.05) is 13.1 Å². The molecule has 0 spiro atoms. The van der Waals surface area contributed by atoms with Gasteiger partial charge < -0.3 is 19.3 Å². The molecule has 9 nitrogen and oxygen atoms in total. The van der Waals surface area contributed by atoms with Crippen molar-refractivity contribution in [1.82, 2.24) is 19.4 Å². The van der Waals surface area contributed by atoms with Crippen molar-refractivity contribution < 1.29 is 24.2 Å². The number of para-hydroxylation sites is 2. The van der Waals surface area contributed by atoms with Gasteiger partial charge in [-0.3, -0.25) is 4.79 Å². The number of imidazole rings is 1. The molecule has 1 aromatic heterocycles. The molecule has 42 heavy (non-hydrogen) atoms. The van der Waals surface area contributed by atoms with Crippen LogP contribution in [0.4, 0.5) is 9.59 Å². The van der Waals surface area contributed by atoms with E-state index in [-0.39, 0.29) is 12.5 Å². The molecule has 1 fully saturated rings. The highest BCUT2D eigenvalue weighted by molar-refractivity contribution is 5.96. The molecule has 1 N–H and O–H groups in total. The lowest BCUT2D eigenvalue weighted by molar-refractivity contribution is -0.136. The van der Waals surface area contributed by atoms with E-state index in [1.807, 2.05) is 89.5 Å². The zero-order valence-electron chi connectivity index (χ0n) is 24.1. The molecular weight excluding hydrogens is 532 g/mol. The predicted octanol–water partition coefficient (Wildman–Crippen LogP) is 6.60. The number of carbonyl (C=O) groups is 3. The standard InChI is InChI=1S/C33H36N4O5/c1-33(2,3)42-32(41)36(22-23-12-6-4-7-13-23)30(38)28(24-18-20-35(21-19-24)31(39)40)37-27-17-11-10-16-26(27)34-29(37)25-14-8-5-9-15-25/h4-17,24,28H,18-22H2,1-3H3,(H,39,40). The molecule has 9 heteroatoms. The second-order valence-corrected chi connectivity index (χ2v) is 11.6. The lowest BCUT2D eigenvalue weighted by Crippen LogP contribution is -2.48. The molecule has 0 bridgehead atoms. The summed E-state index contributed by atoms with van der Waals surface area (Å²) < 4.78 is 7.70. The van der Waals surface area contributed by atoms with Gasteiger partial charge in [0.15, 0.2) is 0 Å². The van der Waals surface area contributed by atoms with Crippen LogP contribution in [0.15, 0.2) is 84.9 Å². The third kappa shape index (κ3) is 6.30. The molecule has 1 saturated heterocycles. The smallest absolute Gasteiger partial charge is 0.417 e. The zero-order valence-corrected chi connectivity index (χ0v) is 24.1. The van der Waals surface area contributed by atoms with Crippen LogP contribution in [-0.4, -0.2) is 61.2 Å². The number of imide groups is 1. The number of hydrogen-bond donors (Lipinski definition) is 1. The van der Waals surface area contributed by atoms with E-state index in [2.05, 4.69) is 0 Å². The number of ether oxygens (including phenoxy) is 1. The number of aromatic nitrogens is 2. The van der Waals surface area contributed by atoms with Crippen molar-refractivity contribution in [3.8, 4) is 11.4 Å². The number of amides is 3. The molecule has 1 aliphatic rings. The number of benzene rings is 3. The third-order valence-corrected chi connectivity index (χ3v) is 7.48. The van der Waals surface area contributed by atoms with E-state index >= 15 is 0 Å². The summed E-state index contributed by atoms with van der Waals surface area (Å²) in [7, 11) is 0. The maximum Gasteiger partial charge on any atom is 0.417 e. The Hall–Kier alpha value is -4.66. The first kappa shape index (κ1) is 28.9. The maximum absolute atomic E-state index is 14.9. The zero-order chi connectivity index (χ0) is 29.9. The fourth-order valence-corrected chi connectivity index (χ4v) is 5.52. The van der Waals surface area contributed by atoms with Crippen LogP contribution >= 0.6 is 0 Å². The Bertz CT molecular complexity index is 1550. The van der Waals surface area contributed by atoms with Crippen LogP contribution in [0.25, 0.3) is 22.4 Å². The molecule has 2 heterocycles. The summed E-state index contributed by atoms with van der Waals surface area (Å²) >= 11 is 0. The largest absolute Gasteiger partial charge is 0.465 e. The maximum atomic E-state index is 14.9. The topological polar surface area (TPSA) is 105 Å². The molecule has 4 aromatic rings. The summed E-state index contributed by atoms with van der Waals surface area (Å²) in [5, 5.41) is 9.60. The Morgan fingerprint density at radius 2 is 1.52 bits per heavy atom. The highest BCUT2D eigenvalue weighted by atomic mass is 16.6. The highest BCUT2D eigenvalue weighted by Gasteiger charge is 2.41. The minimum Gasteiger partial charge on any atom is -0.465 e. The van der Waals surface area contributed by atoms with Gasteiger partial charge >= 0.3 is 12.2 Å². The van der Waals surface area contributed by atoms with E-state index in [9.17, 15) is 19.5 Å². The van der Waals surface area contributed by atoms with E-state index in [0.29, 0.717) is 31.8 Å². The average Bonchev–Trinajstić information content (AvgIpc) is 3.35. The Labute approximate surface area is 245 Å². The van der Waals surface area contributed by atoms with Gasteiger partial charge in [0, 0.05) is 18.7 Å². The van der Waals surface area contributed by atoms with Crippen LogP contribution in [-0.2, 0) is 16.1 Å². The second kappa shape index (κ2) is 12.1. The average molecular weight is 569 g/mol. The first-order valence-electron chi connectivity index (χ1n) is 14.2. The van der Waals surface area contributed by atoms with Crippen LogP contribution in [0.1, 0.15) is 45.2 Å². The van der Waals surface area contributed by atoms with Gasteiger partial charge in [0.2, 0.25) is 0 Å². The predicted molar refractivity (Wildman–Crippen MR) is 160 cm³/mol. The number of hydrogen-bond acceptors (Lipinski definition) is 5. The molecule has 0 saturated carbocycles. The number of likely N-dealkylation sites (tertiary alicyclic amines) is 1. The van der Waals surface area contributed by atoms with Crippen molar-refractivity contribution >= 4 is 29.1 Å². The van der Waals surface area contributed by atoms with Gasteiger partial charge in [-0.15, -0.1) is 0 Å². The monoisotopic (exact) mass is 568 g/mol. The number of carbonyl (C=O) groups excluding carboxylic acids is 2. The summed E-state index contributed by atoms with van der Waals surface area (Å²) in [6.45, 7) is 5.93. The van der Waals surface area contributed by atoms with Gasteiger partial charge in [0.05, 0.1) is 17.6 Å². The number of rotatable bonds is 6. The van der Waals surface area contributed by atoms with Crippen LogP contribution < -0.4 is 0 Å². The molecule has 3 aromatic carbocycles. The Morgan fingerprint density at radius 3 is 2.14 bits per heavy atom. The van der Waals surface area contributed by atoms with Crippen molar-refractivity contribution in [3.63, 3.8) is 0 Å². The Balaban J connectivity index is 1.66. The van der Waals surface area contributed by atoms with Crippen molar-refractivity contribution in [1.29, 1.82) is 0 Å². The van der Waals surface area contributed by atoms with Crippen molar-refractivity contribution in [3.05, 3.63) is 90.5 Å². The van der Waals surface area contributed by atoms with Gasteiger partial charge in [-0.1, -0.05) is 72.8 Å². The molecule has 218 valence electrons. The van der Waals surface area contributed by atoms with E-state index in [0.717, 1.165) is 22.2 Å². The van der Waals surface area contributed by atoms with Crippen molar-refractivity contribution in [2.24, 2.45) is 5.92 Å². The van der Waals surface area contributed by atoms with Crippen LogP contribution in [0.3, 0.4) is 0 Å². The number of carboxylic acid groups (broad SMARTS) is 1. The van der Waals surface area contributed by atoms with Gasteiger partial charge in [-0.25, -0.2) is 19.5 Å².